The third-order valence-electron chi connectivity index (χ3n) is 4.44. The van der Waals surface area contributed by atoms with E-state index in [0.717, 1.165) is 19.4 Å². The molecule has 1 aliphatic carbocycles. The first-order valence-electron chi connectivity index (χ1n) is 7.36. The molecule has 102 valence electrons. The fraction of sp³-hybridized carbons (Fsp3) is 0.263. The standard InChI is InChI=1S/C19H21N/c20-15-16-11-13-19(14-12-16,17-7-3-1-4-8-17)18-9-5-2-6-10-18/h1-11,13,16H,12,14-15,20H2. The number of hydrogen-bond donors (Lipinski definition) is 1. The Labute approximate surface area is 121 Å². The molecule has 0 aromatic heterocycles. The van der Waals surface area contributed by atoms with Crippen LogP contribution in [0.15, 0.2) is 72.8 Å². The molecule has 0 saturated heterocycles. The molecule has 1 unspecified atom stereocenters. The average molecular weight is 263 g/mol. The molecule has 2 aromatic rings. The van der Waals surface area contributed by atoms with Gasteiger partial charge in [0.1, 0.15) is 0 Å². The Morgan fingerprint density at radius 1 is 0.900 bits per heavy atom. The van der Waals surface area contributed by atoms with Crippen molar-refractivity contribution in [2.24, 2.45) is 11.7 Å². The van der Waals surface area contributed by atoms with Gasteiger partial charge in [0, 0.05) is 5.41 Å². The highest BCUT2D eigenvalue weighted by atomic mass is 14.5. The average Bonchev–Trinajstić information content (AvgIpc) is 2.56. The molecule has 1 aliphatic rings. The van der Waals surface area contributed by atoms with Crippen molar-refractivity contribution in [1.82, 2.24) is 0 Å². The first kappa shape index (κ1) is 13.1. The minimum Gasteiger partial charge on any atom is -0.330 e. The van der Waals surface area contributed by atoms with Crippen LogP contribution in [0.3, 0.4) is 0 Å². The van der Waals surface area contributed by atoms with Crippen molar-refractivity contribution in [3.8, 4) is 0 Å². The van der Waals surface area contributed by atoms with Crippen molar-refractivity contribution in [3.63, 3.8) is 0 Å². The lowest BCUT2D eigenvalue weighted by Crippen LogP contribution is -2.30. The van der Waals surface area contributed by atoms with Gasteiger partial charge in [-0.25, -0.2) is 0 Å². The predicted molar refractivity (Wildman–Crippen MR) is 84.6 cm³/mol. The van der Waals surface area contributed by atoms with Crippen LogP contribution in [0.1, 0.15) is 24.0 Å². The molecular weight excluding hydrogens is 242 g/mol. The SMILES string of the molecule is NCC1C=CC(c2ccccc2)(c2ccccc2)CC1. The summed E-state index contributed by atoms with van der Waals surface area (Å²) >= 11 is 0. The Kier molecular flexibility index (Phi) is 3.70. The first-order valence-corrected chi connectivity index (χ1v) is 7.36. The highest BCUT2D eigenvalue weighted by Gasteiger charge is 2.34. The molecule has 2 N–H and O–H groups in total. The summed E-state index contributed by atoms with van der Waals surface area (Å²) in [7, 11) is 0. The molecule has 0 heterocycles. The number of nitrogens with two attached hydrogens (primary N) is 1. The van der Waals surface area contributed by atoms with Crippen LogP contribution in [-0.4, -0.2) is 6.54 Å². The Balaban J connectivity index is 2.10. The smallest absolute Gasteiger partial charge is 0.0382 e. The Morgan fingerprint density at radius 3 is 1.85 bits per heavy atom. The van der Waals surface area contributed by atoms with E-state index in [-0.39, 0.29) is 5.41 Å². The maximum absolute atomic E-state index is 5.82. The fourth-order valence-corrected chi connectivity index (χ4v) is 3.21. The fourth-order valence-electron chi connectivity index (χ4n) is 3.21. The van der Waals surface area contributed by atoms with E-state index in [1.165, 1.54) is 11.1 Å². The van der Waals surface area contributed by atoms with E-state index >= 15 is 0 Å². The summed E-state index contributed by atoms with van der Waals surface area (Å²) in [5, 5.41) is 0. The lowest BCUT2D eigenvalue weighted by atomic mass is 9.67. The maximum atomic E-state index is 5.82. The summed E-state index contributed by atoms with van der Waals surface area (Å²) in [5.74, 6) is 0.524. The molecular formula is C19H21N. The lowest BCUT2D eigenvalue weighted by Gasteiger charge is -2.36. The molecule has 1 atom stereocenters. The van der Waals surface area contributed by atoms with Gasteiger partial charge in [0.2, 0.25) is 0 Å². The quantitative estimate of drug-likeness (QED) is 0.835. The summed E-state index contributed by atoms with van der Waals surface area (Å²) < 4.78 is 0. The number of allylic oxidation sites excluding steroid dienone is 1. The van der Waals surface area contributed by atoms with Crippen molar-refractivity contribution in [2.75, 3.05) is 6.54 Å². The molecule has 3 rings (SSSR count). The van der Waals surface area contributed by atoms with Crippen LogP contribution < -0.4 is 5.73 Å². The van der Waals surface area contributed by atoms with Crippen LogP contribution in [0, 0.1) is 5.92 Å². The van der Waals surface area contributed by atoms with Gasteiger partial charge in [-0.05, 0) is 36.4 Å². The van der Waals surface area contributed by atoms with E-state index in [4.69, 9.17) is 5.73 Å². The molecule has 0 saturated carbocycles. The van der Waals surface area contributed by atoms with Crippen molar-refractivity contribution in [1.29, 1.82) is 0 Å². The number of rotatable bonds is 3. The van der Waals surface area contributed by atoms with Crippen LogP contribution >= 0.6 is 0 Å². The zero-order chi connectivity index (χ0) is 13.8. The second kappa shape index (κ2) is 5.64. The monoisotopic (exact) mass is 263 g/mol. The van der Waals surface area contributed by atoms with Gasteiger partial charge in [-0.15, -0.1) is 0 Å². The van der Waals surface area contributed by atoms with Crippen LogP contribution in [0.25, 0.3) is 0 Å². The van der Waals surface area contributed by atoms with E-state index in [1.807, 2.05) is 0 Å². The topological polar surface area (TPSA) is 26.0 Å². The summed E-state index contributed by atoms with van der Waals surface area (Å²) in [6.07, 6.45) is 6.96. The van der Waals surface area contributed by atoms with Gasteiger partial charge in [0.05, 0.1) is 0 Å². The third-order valence-corrected chi connectivity index (χ3v) is 4.44. The molecule has 0 amide bonds. The second-order valence-electron chi connectivity index (χ2n) is 5.60. The molecule has 1 heteroatoms. The molecule has 0 radical (unpaired) electrons. The van der Waals surface area contributed by atoms with Gasteiger partial charge in [-0.3, -0.25) is 0 Å². The number of benzene rings is 2. The Hall–Kier alpha value is -1.86. The van der Waals surface area contributed by atoms with E-state index in [2.05, 4.69) is 72.8 Å². The van der Waals surface area contributed by atoms with Crippen LogP contribution in [0.4, 0.5) is 0 Å². The molecule has 1 nitrogen and oxygen atoms in total. The van der Waals surface area contributed by atoms with Gasteiger partial charge < -0.3 is 5.73 Å². The zero-order valence-electron chi connectivity index (χ0n) is 11.7. The van der Waals surface area contributed by atoms with E-state index < -0.39 is 0 Å². The minimum absolute atomic E-state index is 0.00813. The van der Waals surface area contributed by atoms with E-state index in [9.17, 15) is 0 Å². The van der Waals surface area contributed by atoms with Crippen LogP contribution in [0.2, 0.25) is 0 Å². The zero-order valence-corrected chi connectivity index (χ0v) is 11.7. The van der Waals surface area contributed by atoms with E-state index in [0.29, 0.717) is 5.92 Å². The van der Waals surface area contributed by atoms with E-state index in [1.54, 1.807) is 0 Å². The second-order valence-corrected chi connectivity index (χ2v) is 5.60. The highest BCUT2D eigenvalue weighted by molar-refractivity contribution is 5.45. The van der Waals surface area contributed by atoms with Crippen LogP contribution in [0.5, 0.6) is 0 Å². The van der Waals surface area contributed by atoms with Crippen molar-refractivity contribution >= 4 is 0 Å². The summed E-state index contributed by atoms with van der Waals surface area (Å²) in [6, 6.07) is 21.6. The molecule has 0 spiro atoms. The predicted octanol–water partition coefficient (Wildman–Crippen LogP) is 3.90. The summed E-state index contributed by atoms with van der Waals surface area (Å²) in [4.78, 5) is 0. The highest BCUT2D eigenvalue weighted by Crippen LogP contribution is 2.42. The van der Waals surface area contributed by atoms with Crippen molar-refractivity contribution < 1.29 is 0 Å². The maximum Gasteiger partial charge on any atom is 0.0382 e. The molecule has 0 fully saturated rings. The van der Waals surface area contributed by atoms with Crippen molar-refractivity contribution in [3.05, 3.63) is 83.9 Å². The minimum atomic E-state index is 0.00813. The molecule has 0 bridgehead atoms. The van der Waals surface area contributed by atoms with Gasteiger partial charge >= 0.3 is 0 Å². The van der Waals surface area contributed by atoms with Gasteiger partial charge in [-0.1, -0.05) is 72.8 Å². The molecule has 20 heavy (non-hydrogen) atoms. The number of hydrogen-bond acceptors (Lipinski definition) is 1. The first-order chi connectivity index (χ1) is 9.85. The van der Waals surface area contributed by atoms with Gasteiger partial charge in [0.25, 0.3) is 0 Å². The Bertz CT molecular complexity index is 532. The summed E-state index contributed by atoms with van der Waals surface area (Å²) in [5.41, 5.74) is 8.57. The molecule has 2 aromatic carbocycles. The molecule has 0 aliphatic heterocycles. The Morgan fingerprint density at radius 2 is 1.45 bits per heavy atom. The van der Waals surface area contributed by atoms with Gasteiger partial charge in [0.15, 0.2) is 0 Å². The van der Waals surface area contributed by atoms with Crippen molar-refractivity contribution in [2.45, 2.75) is 18.3 Å². The summed E-state index contributed by atoms with van der Waals surface area (Å²) in [6.45, 7) is 0.746. The van der Waals surface area contributed by atoms with Gasteiger partial charge in [-0.2, -0.15) is 0 Å². The largest absolute Gasteiger partial charge is 0.330 e. The van der Waals surface area contributed by atoms with Crippen LogP contribution in [-0.2, 0) is 5.41 Å². The normalized spacial score (nSPS) is 20.8. The third kappa shape index (κ3) is 2.30. The lowest BCUT2D eigenvalue weighted by molar-refractivity contribution is 0.452.